The zero-order chi connectivity index (χ0) is 13.9. The van der Waals surface area contributed by atoms with Gasteiger partial charge in [0.2, 0.25) is 0 Å². The van der Waals surface area contributed by atoms with Gasteiger partial charge in [0.15, 0.2) is 5.78 Å². The molecule has 0 N–H and O–H groups in total. The Morgan fingerprint density at radius 1 is 1.37 bits per heavy atom. The molecule has 2 nitrogen and oxygen atoms in total. The Balaban J connectivity index is 2.14. The summed E-state index contributed by atoms with van der Waals surface area (Å²) in [6.07, 6.45) is 0.883. The predicted molar refractivity (Wildman–Crippen MR) is 83.0 cm³/mol. The molecule has 1 atom stereocenters. The Morgan fingerprint density at radius 2 is 2.05 bits per heavy atom. The number of rotatable bonds is 4. The minimum Gasteiger partial charge on any atom is -0.292 e. The molecule has 0 aliphatic carbocycles. The third-order valence-corrected chi connectivity index (χ3v) is 4.94. The first-order valence-corrected chi connectivity index (χ1v) is 7.99. The largest absolute Gasteiger partial charge is 0.292 e. The minimum absolute atomic E-state index is 0.0302. The number of ketones is 1. The lowest BCUT2D eigenvalue weighted by atomic mass is 9.99. The van der Waals surface area contributed by atoms with E-state index in [-0.39, 0.29) is 16.6 Å². The van der Waals surface area contributed by atoms with Crippen molar-refractivity contribution in [1.82, 2.24) is 4.90 Å². The maximum Gasteiger partial charge on any atom is 0.179 e. The third kappa shape index (κ3) is 3.61. The number of hydrogen-bond donors (Lipinski definition) is 0. The highest BCUT2D eigenvalue weighted by Gasteiger charge is 2.33. The molecule has 1 aromatic rings. The second kappa shape index (κ2) is 6.10. The summed E-state index contributed by atoms with van der Waals surface area (Å²) in [5, 5.41) is 0. The van der Waals surface area contributed by atoms with Crippen LogP contribution in [0.3, 0.4) is 0 Å². The predicted octanol–water partition coefficient (Wildman–Crippen LogP) is 3.48. The van der Waals surface area contributed by atoms with Crippen LogP contribution in [-0.2, 0) is 0 Å². The zero-order valence-electron chi connectivity index (χ0n) is 12.1. The Hall–Kier alpha value is -0.800. The van der Waals surface area contributed by atoms with E-state index >= 15 is 0 Å². The highest BCUT2D eigenvalue weighted by atomic mass is 32.2. The zero-order valence-corrected chi connectivity index (χ0v) is 12.9. The van der Waals surface area contributed by atoms with Crippen LogP contribution >= 0.6 is 11.8 Å². The van der Waals surface area contributed by atoms with Crippen LogP contribution in [-0.4, -0.2) is 40.3 Å². The lowest BCUT2D eigenvalue weighted by Gasteiger charge is -2.41. The van der Waals surface area contributed by atoms with Crippen molar-refractivity contribution < 1.29 is 4.79 Å². The molecule has 0 bridgehead atoms. The van der Waals surface area contributed by atoms with Crippen LogP contribution < -0.4 is 0 Å². The van der Waals surface area contributed by atoms with E-state index in [0.29, 0.717) is 0 Å². The van der Waals surface area contributed by atoms with Crippen molar-refractivity contribution >= 4 is 17.5 Å². The van der Waals surface area contributed by atoms with E-state index in [0.717, 1.165) is 30.8 Å². The lowest BCUT2D eigenvalue weighted by molar-refractivity contribution is 0.0803. The Bertz CT molecular complexity index is 430. The summed E-state index contributed by atoms with van der Waals surface area (Å²) >= 11 is 2.01. The van der Waals surface area contributed by atoms with Gasteiger partial charge in [-0.3, -0.25) is 9.69 Å². The quantitative estimate of drug-likeness (QED) is 0.786. The van der Waals surface area contributed by atoms with Crippen molar-refractivity contribution in [3.63, 3.8) is 0 Å². The molecule has 1 aliphatic rings. The SMILES string of the molecule is CCC(C(=O)c1ccccc1)N1CCSC(C)(C)C1. The van der Waals surface area contributed by atoms with Crippen LogP contribution in [0, 0.1) is 0 Å². The summed E-state index contributed by atoms with van der Waals surface area (Å²) in [5.41, 5.74) is 0.838. The average molecular weight is 277 g/mol. The molecule has 1 fully saturated rings. The van der Waals surface area contributed by atoms with Gasteiger partial charge in [-0.2, -0.15) is 11.8 Å². The normalized spacial score (nSPS) is 21.0. The van der Waals surface area contributed by atoms with Gasteiger partial charge in [0, 0.05) is 29.2 Å². The van der Waals surface area contributed by atoms with Gasteiger partial charge in [0.25, 0.3) is 0 Å². The number of hydrogen-bond acceptors (Lipinski definition) is 3. The van der Waals surface area contributed by atoms with Gasteiger partial charge in [-0.05, 0) is 20.3 Å². The molecule has 1 heterocycles. The molecule has 3 heteroatoms. The molecule has 0 amide bonds. The highest BCUT2D eigenvalue weighted by Crippen LogP contribution is 2.31. The molecule has 0 radical (unpaired) electrons. The number of carbonyl (C=O) groups is 1. The van der Waals surface area contributed by atoms with E-state index in [1.807, 2.05) is 42.1 Å². The lowest BCUT2D eigenvalue weighted by Crippen LogP contribution is -2.50. The van der Waals surface area contributed by atoms with E-state index < -0.39 is 0 Å². The average Bonchev–Trinajstić information content (AvgIpc) is 2.39. The van der Waals surface area contributed by atoms with Crippen molar-refractivity contribution in [1.29, 1.82) is 0 Å². The number of thioether (sulfide) groups is 1. The fourth-order valence-corrected chi connectivity index (χ4v) is 3.86. The molecule has 19 heavy (non-hydrogen) atoms. The fourth-order valence-electron chi connectivity index (χ4n) is 2.72. The van der Waals surface area contributed by atoms with Crippen LogP contribution in [0.5, 0.6) is 0 Å². The molecular weight excluding hydrogens is 254 g/mol. The van der Waals surface area contributed by atoms with Crippen molar-refractivity contribution in [3.05, 3.63) is 35.9 Å². The van der Waals surface area contributed by atoms with Crippen LogP contribution in [0.2, 0.25) is 0 Å². The summed E-state index contributed by atoms with van der Waals surface area (Å²) in [6, 6.07) is 9.72. The molecule has 0 aromatic heterocycles. The van der Waals surface area contributed by atoms with Gasteiger partial charge in [-0.25, -0.2) is 0 Å². The molecule has 1 aromatic carbocycles. The first kappa shape index (κ1) is 14.6. The second-order valence-corrected chi connectivity index (χ2v) is 7.54. The van der Waals surface area contributed by atoms with Crippen LogP contribution in [0.25, 0.3) is 0 Å². The van der Waals surface area contributed by atoms with Crippen molar-refractivity contribution in [3.8, 4) is 0 Å². The van der Waals surface area contributed by atoms with E-state index in [1.54, 1.807) is 0 Å². The fraction of sp³-hybridized carbons (Fsp3) is 0.562. The first-order chi connectivity index (χ1) is 9.03. The van der Waals surface area contributed by atoms with E-state index in [2.05, 4.69) is 25.7 Å². The molecule has 1 saturated heterocycles. The minimum atomic E-state index is 0.0302. The Kier molecular flexibility index (Phi) is 4.69. The number of benzene rings is 1. The van der Waals surface area contributed by atoms with Gasteiger partial charge in [-0.15, -0.1) is 0 Å². The van der Waals surface area contributed by atoms with Gasteiger partial charge >= 0.3 is 0 Å². The monoisotopic (exact) mass is 277 g/mol. The molecular formula is C16H23NOS. The van der Waals surface area contributed by atoms with Gasteiger partial charge in [-0.1, -0.05) is 37.3 Å². The first-order valence-electron chi connectivity index (χ1n) is 7.01. The maximum atomic E-state index is 12.6. The number of nitrogens with zero attached hydrogens (tertiary/aromatic N) is 1. The third-order valence-electron chi connectivity index (χ3n) is 3.64. The summed E-state index contributed by atoms with van der Waals surface area (Å²) in [4.78, 5) is 15.0. The Labute approximate surface area is 120 Å². The molecule has 1 aliphatic heterocycles. The maximum absolute atomic E-state index is 12.6. The van der Waals surface area contributed by atoms with Gasteiger partial charge < -0.3 is 0 Å². The topological polar surface area (TPSA) is 20.3 Å². The summed E-state index contributed by atoms with van der Waals surface area (Å²) in [6.45, 7) is 8.66. The molecule has 0 saturated carbocycles. The summed E-state index contributed by atoms with van der Waals surface area (Å²) < 4.78 is 0.253. The smallest absolute Gasteiger partial charge is 0.179 e. The summed E-state index contributed by atoms with van der Waals surface area (Å²) in [7, 11) is 0. The van der Waals surface area contributed by atoms with E-state index in [1.165, 1.54) is 0 Å². The van der Waals surface area contributed by atoms with Crippen LogP contribution in [0.4, 0.5) is 0 Å². The molecule has 104 valence electrons. The molecule has 0 spiro atoms. The second-order valence-electron chi connectivity index (χ2n) is 5.73. The molecule has 1 unspecified atom stereocenters. The van der Waals surface area contributed by atoms with Crippen molar-refractivity contribution in [2.75, 3.05) is 18.8 Å². The highest BCUT2D eigenvalue weighted by molar-refractivity contribution is 8.00. The number of Topliss-reactive ketones (excluding diaryl/α,β-unsaturated/α-hetero) is 1. The van der Waals surface area contributed by atoms with Gasteiger partial charge in [0.1, 0.15) is 0 Å². The van der Waals surface area contributed by atoms with Gasteiger partial charge in [0.05, 0.1) is 6.04 Å². The van der Waals surface area contributed by atoms with Crippen LogP contribution in [0.1, 0.15) is 37.6 Å². The Morgan fingerprint density at radius 3 is 2.63 bits per heavy atom. The molecule has 2 rings (SSSR count). The standard InChI is InChI=1S/C16H23NOS/c1-4-14(15(18)13-8-6-5-7-9-13)17-10-11-19-16(2,3)12-17/h5-9,14H,4,10-12H2,1-3H3. The number of carbonyl (C=O) groups excluding carboxylic acids is 1. The summed E-state index contributed by atoms with van der Waals surface area (Å²) in [5.74, 6) is 1.39. The van der Waals surface area contributed by atoms with Crippen molar-refractivity contribution in [2.45, 2.75) is 38.0 Å². The van der Waals surface area contributed by atoms with Crippen LogP contribution in [0.15, 0.2) is 30.3 Å². The van der Waals surface area contributed by atoms with E-state index in [4.69, 9.17) is 0 Å². The van der Waals surface area contributed by atoms with E-state index in [9.17, 15) is 4.79 Å². The van der Waals surface area contributed by atoms with Crippen molar-refractivity contribution in [2.24, 2.45) is 0 Å².